The van der Waals surface area contributed by atoms with Crippen LogP contribution < -0.4 is 11.1 Å². The molecule has 0 saturated carbocycles. The van der Waals surface area contributed by atoms with Crippen molar-refractivity contribution in [2.24, 2.45) is 5.73 Å². The third-order valence-electron chi connectivity index (χ3n) is 2.14. The third kappa shape index (κ3) is 4.61. The first kappa shape index (κ1) is 14.4. The number of benzene rings is 1. The molecule has 0 aliphatic carbocycles. The smallest absolute Gasteiger partial charge is 0.270 e. The van der Waals surface area contributed by atoms with Crippen LogP contribution in [0.25, 0.3) is 0 Å². The van der Waals surface area contributed by atoms with Crippen molar-refractivity contribution < 1.29 is 14.5 Å². The fraction of sp³-hybridized carbons (Fsp3) is 0.273. The number of primary amides is 1. The minimum Gasteiger partial charge on any atom is -0.382 e. The molecule has 0 saturated heterocycles. The van der Waals surface area contributed by atoms with Crippen molar-refractivity contribution in [2.45, 2.75) is 0 Å². The lowest BCUT2D eigenvalue weighted by atomic mass is 10.1. The van der Waals surface area contributed by atoms with E-state index in [1.54, 1.807) is 0 Å². The number of carbonyl (C=O) groups excluding carboxylic acids is 1. The first-order valence-corrected chi connectivity index (χ1v) is 5.33. The van der Waals surface area contributed by atoms with Crippen molar-refractivity contribution in [2.75, 3.05) is 25.1 Å². The molecule has 0 aliphatic heterocycles. The molecule has 0 radical (unpaired) electrons. The third-order valence-corrected chi connectivity index (χ3v) is 2.14. The van der Waals surface area contributed by atoms with Crippen LogP contribution in [0.2, 0.25) is 0 Å². The Kier molecular flexibility index (Phi) is 5.25. The molecule has 0 aromatic heterocycles. The number of nitrogens with two attached hydrogens (primary N) is 1. The lowest BCUT2D eigenvalue weighted by Gasteiger charge is -2.07. The van der Waals surface area contributed by atoms with E-state index in [-0.39, 0.29) is 24.5 Å². The monoisotopic (exact) mass is 264 g/mol. The molecule has 0 aliphatic rings. The average molecular weight is 264 g/mol. The molecule has 1 amide bonds. The van der Waals surface area contributed by atoms with Crippen LogP contribution in [-0.2, 0) is 9.53 Å². The van der Waals surface area contributed by atoms with Crippen LogP contribution in [0.4, 0.5) is 11.4 Å². The second kappa shape index (κ2) is 6.93. The van der Waals surface area contributed by atoms with E-state index in [0.717, 1.165) is 0 Å². The number of nitrogens with one attached hydrogen (secondary N) is 1. The van der Waals surface area contributed by atoms with E-state index in [2.05, 4.69) is 5.32 Å². The van der Waals surface area contributed by atoms with Gasteiger partial charge in [-0.25, -0.2) is 0 Å². The number of amides is 1. The molecule has 0 atom stereocenters. The van der Waals surface area contributed by atoms with Crippen LogP contribution in [0.1, 0.15) is 5.56 Å². The Balaban J connectivity index is 2.57. The predicted octanol–water partition coefficient (Wildman–Crippen LogP) is 0.380. The van der Waals surface area contributed by atoms with Gasteiger partial charge in [0, 0.05) is 18.7 Å². The van der Waals surface area contributed by atoms with Crippen LogP contribution in [0.3, 0.4) is 0 Å². The fourth-order valence-corrected chi connectivity index (χ4v) is 1.32. The van der Waals surface area contributed by atoms with Crippen molar-refractivity contribution in [1.29, 1.82) is 5.26 Å². The lowest BCUT2D eigenvalue weighted by Crippen LogP contribution is -2.20. The Morgan fingerprint density at radius 2 is 2.32 bits per heavy atom. The summed E-state index contributed by atoms with van der Waals surface area (Å²) in [6.07, 6.45) is 0. The van der Waals surface area contributed by atoms with Gasteiger partial charge in [0.05, 0.1) is 22.8 Å². The molecule has 0 spiro atoms. The summed E-state index contributed by atoms with van der Waals surface area (Å²) < 4.78 is 4.92. The molecule has 8 nitrogen and oxygen atoms in total. The summed E-state index contributed by atoms with van der Waals surface area (Å²) in [5.41, 5.74) is 5.38. The number of ether oxygens (including phenoxy) is 1. The normalized spacial score (nSPS) is 9.63. The zero-order valence-electron chi connectivity index (χ0n) is 9.96. The lowest BCUT2D eigenvalue weighted by molar-refractivity contribution is -0.384. The first-order chi connectivity index (χ1) is 9.04. The van der Waals surface area contributed by atoms with Gasteiger partial charge in [0.25, 0.3) is 5.69 Å². The van der Waals surface area contributed by atoms with E-state index >= 15 is 0 Å². The van der Waals surface area contributed by atoms with Gasteiger partial charge in [0.1, 0.15) is 12.7 Å². The van der Waals surface area contributed by atoms with Gasteiger partial charge in [-0.3, -0.25) is 14.9 Å². The first-order valence-electron chi connectivity index (χ1n) is 5.33. The van der Waals surface area contributed by atoms with Gasteiger partial charge in [-0.1, -0.05) is 0 Å². The van der Waals surface area contributed by atoms with E-state index in [4.69, 9.17) is 15.7 Å². The number of nitriles is 1. The molecule has 0 bridgehead atoms. The van der Waals surface area contributed by atoms with Crippen LogP contribution in [0.15, 0.2) is 18.2 Å². The van der Waals surface area contributed by atoms with Crippen LogP contribution in [-0.4, -0.2) is 30.6 Å². The van der Waals surface area contributed by atoms with Crippen molar-refractivity contribution >= 4 is 17.3 Å². The van der Waals surface area contributed by atoms with Crippen LogP contribution in [0.5, 0.6) is 0 Å². The average Bonchev–Trinajstić information content (AvgIpc) is 2.37. The Bertz CT molecular complexity index is 524. The van der Waals surface area contributed by atoms with E-state index in [0.29, 0.717) is 12.2 Å². The van der Waals surface area contributed by atoms with Crippen molar-refractivity contribution in [3.63, 3.8) is 0 Å². The Hall–Kier alpha value is -2.66. The second-order valence-corrected chi connectivity index (χ2v) is 3.54. The van der Waals surface area contributed by atoms with E-state index in [1.165, 1.54) is 18.2 Å². The second-order valence-electron chi connectivity index (χ2n) is 3.54. The SMILES string of the molecule is N#Cc1cc([N+](=O)[O-])ccc1NCCOCC(N)=O. The number of non-ortho nitro benzene ring substituents is 1. The van der Waals surface area contributed by atoms with Gasteiger partial charge in [-0.05, 0) is 6.07 Å². The summed E-state index contributed by atoms with van der Waals surface area (Å²) >= 11 is 0. The van der Waals surface area contributed by atoms with Gasteiger partial charge < -0.3 is 15.8 Å². The molecule has 8 heteroatoms. The maximum absolute atomic E-state index is 10.6. The summed E-state index contributed by atoms with van der Waals surface area (Å²) in [4.78, 5) is 20.4. The molecular weight excluding hydrogens is 252 g/mol. The highest BCUT2D eigenvalue weighted by Gasteiger charge is 2.10. The fourth-order valence-electron chi connectivity index (χ4n) is 1.32. The number of nitro groups is 1. The van der Waals surface area contributed by atoms with Crippen LogP contribution >= 0.6 is 0 Å². The maximum atomic E-state index is 10.6. The molecule has 1 aromatic rings. The number of nitro benzene ring substituents is 1. The van der Waals surface area contributed by atoms with E-state index in [1.807, 2.05) is 6.07 Å². The quantitative estimate of drug-likeness (QED) is 0.415. The van der Waals surface area contributed by atoms with Gasteiger partial charge >= 0.3 is 0 Å². The Labute approximate surface area is 108 Å². The molecule has 19 heavy (non-hydrogen) atoms. The zero-order valence-corrected chi connectivity index (χ0v) is 9.96. The molecule has 0 fully saturated rings. The van der Waals surface area contributed by atoms with Crippen molar-refractivity contribution in [1.82, 2.24) is 0 Å². The number of anilines is 1. The van der Waals surface area contributed by atoms with E-state index < -0.39 is 10.8 Å². The number of carbonyl (C=O) groups is 1. The maximum Gasteiger partial charge on any atom is 0.270 e. The number of hydrogen-bond acceptors (Lipinski definition) is 6. The molecule has 0 heterocycles. The Morgan fingerprint density at radius 1 is 1.58 bits per heavy atom. The number of rotatable bonds is 7. The molecule has 100 valence electrons. The van der Waals surface area contributed by atoms with Gasteiger partial charge in [0.2, 0.25) is 5.91 Å². The number of hydrogen-bond donors (Lipinski definition) is 2. The minimum atomic E-state index is -0.569. The van der Waals surface area contributed by atoms with Gasteiger partial charge in [-0.2, -0.15) is 5.26 Å². The highest BCUT2D eigenvalue weighted by Crippen LogP contribution is 2.21. The largest absolute Gasteiger partial charge is 0.382 e. The Morgan fingerprint density at radius 3 is 2.89 bits per heavy atom. The van der Waals surface area contributed by atoms with Gasteiger partial charge in [-0.15, -0.1) is 0 Å². The topological polar surface area (TPSA) is 131 Å². The summed E-state index contributed by atoms with van der Waals surface area (Å²) in [6, 6.07) is 5.80. The molecular formula is C11H12N4O4. The highest BCUT2D eigenvalue weighted by atomic mass is 16.6. The standard InChI is InChI=1S/C11H12N4O4/c12-6-8-5-9(15(17)18)1-2-10(8)14-3-4-19-7-11(13)16/h1-2,5,14H,3-4,7H2,(H2,13,16). The summed E-state index contributed by atoms with van der Waals surface area (Å²) in [7, 11) is 0. The molecule has 1 aromatic carbocycles. The summed E-state index contributed by atoms with van der Waals surface area (Å²) in [5.74, 6) is -0.562. The number of nitrogens with zero attached hydrogens (tertiary/aromatic N) is 2. The van der Waals surface area contributed by atoms with Crippen LogP contribution in [0, 0.1) is 21.4 Å². The van der Waals surface area contributed by atoms with E-state index in [9.17, 15) is 14.9 Å². The highest BCUT2D eigenvalue weighted by molar-refractivity contribution is 5.74. The predicted molar refractivity (Wildman–Crippen MR) is 66.3 cm³/mol. The summed E-state index contributed by atoms with van der Waals surface area (Å²) in [5, 5.41) is 22.3. The van der Waals surface area contributed by atoms with Crippen molar-refractivity contribution in [3.05, 3.63) is 33.9 Å². The van der Waals surface area contributed by atoms with Gasteiger partial charge in [0.15, 0.2) is 0 Å². The molecule has 1 rings (SSSR count). The minimum absolute atomic E-state index is 0.146. The summed E-state index contributed by atoms with van der Waals surface area (Å²) in [6.45, 7) is 0.400. The van der Waals surface area contributed by atoms with Crippen molar-refractivity contribution in [3.8, 4) is 6.07 Å². The molecule has 0 unspecified atom stereocenters. The molecule has 3 N–H and O–H groups in total. The zero-order chi connectivity index (χ0) is 14.3.